The number of carbonyl (C=O) groups is 5. The second-order valence-corrected chi connectivity index (χ2v) is 9.20. The molecule has 6 N–H and O–H groups in total. The number of hydrogen-bond acceptors (Lipinski definition) is 7. The number of aldehydes is 1. The first-order valence-corrected chi connectivity index (χ1v) is 12.6. The molecule has 0 aliphatic rings. The first-order chi connectivity index (χ1) is 17.6. The van der Waals surface area contributed by atoms with Gasteiger partial charge in [0.15, 0.2) is 0 Å². The van der Waals surface area contributed by atoms with E-state index in [2.05, 4.69) is 21.3 Å². The second-order valence-electron chi connectivity index (χ2n) is 9.20. The summed E-state index contributed by atoms with van der Waals surface area (Å²) in [7, 11) is 1.36. The minimum absolute atomic E-state index is 0.131. The van der Waals surface area contributed by atoms with E-state index in [9.17, 15) is 24.0 Å². The Kier molecular flexibility index (Phi) is 15.1. The predicted octanol–water partition coefficient (Wildman–Crippen LogP) is 1.20. The lowest BCUT2D eigenvalue weighted by molar-refractivity contribution is -0.130. The van der Waals surface area contributed by atoms with Crippen LogP contribution in [0, 0.1) is 5.92 Å². The van der Waals surface area contributed by atoms with Crippen molar-refractivity contribution >= 4 is 43.5 Å². The van der Waals surface area contributed by atoms with Crippen LogP contribution >= 0.6 is 0 Å². The van der Waals surface area contributed by atoms with Gasteiger partial charge in [0.2, 0.25) is 25.5 Å². The molecule has 0 aliphatic heterocycles. The van der Waals surface area contributed by atoms with Gasteiger partial charge in [-0.25, -0.2) is 4.79 Å². The first kappa shape index (κ1) is 31.5. The number of benzene rings is 1. The molecule has 0 fully saturated rings. The number of nitrogens with two attached hydrogens (primary N) is 1. The lowest BCUT2D eigenvalue weighted by atomic mass is 10.0. The SMILES string of the molecule is BC(=O)OCc1ccc(NC[C@H](CCCNC(N)=O)NC(=O)C(NC(=O)CCCCC=O)C(C)C)cc1. The Hall–Kier alpha value is -3.57. The van der Waals surface area contributed by atoms with Gasteiger partial charge in [0.05, 0.1) is 0 Å². The zero-order valence-corrected chi connectivity index (χ0v) is 22.0. The molecule has 1 unspecified atom stereocenters. The van der Waals surface area contributed by atoms with E-state index in [1.54, 1.807) is 0 Å². The van der Waals surface area contributed by atoms with E-state index < -0.39 is 12.1 Å². The maximum absolute atomic E-state index is 13.1. The summed E-state index contributed by atoms with van der Waals surface area (Å²) < 4.78 is 4.99. The van der Waals surface area contributed by atoms with Crippen molar-refractivity contribution in [2.24, 2.45) is 11.7 Å². The Morgan fingerprint density at radius 3 is 2.35 bits per heavy atom. The average Bonchev–Trinajstić information content (AvgIpc) is 2.85. The number of hydrogen-bond donors (Lipinski definition) is 5. The van der Waals surface area contributed by atoms with Crippen LogP contribution < -0.4 is 27.0 Å². The summed E-state index contributed by atoms with van der Waals surface area (Å²) >= 11 is 0. The molecule has 4 amide bonds. The van der Waals surface area contributed by atoms with Crippen molar-refractivity contribution in [3.8, 4) is 0 Å². The highest BCUT2D eigenvalue weighted by Crippen LogP contribution is 2.12. The standard InChI is InChI=1S/C25H40BN5O6/c1-17(2)22(31-21(33)8-4-3-5-14-32)23(34)30-20(7-6-13-28-25(27)36)15-29-19-11-9-18(10-12-19)16-37-24(26)35/h9-12,14,17,20,22,29H,3-8,13,15-16,26H2,1-2H3,(H,30,34)(H,31,33)(H3,27,28,36)/t20-,22?/m0/s1. The minimum Gasteiger partial charge on any atom is -0.469 e. The smallest absolute Gasteiger partial charge is 0.312 e. The molecule has 37 heavy (non-hydrogen) atoms. The van der Waals surface area contributed by atoms with E-state index in [0.29, 0.717) is 45.2 Å². The predicted molar refractivity (Wildman–Crippen MR) is 144 cm³/mol. The molecule has 1 rings (SSSR count). The summed E-state index contributed by atoms with van der Waals surface area (Å²) in [4.78, 5) is 57.8. The van der Waals surface area contributed by atoms with Crippen LogP contribution in [0.25, 0.3) is 0 Å². The van der Waals surface area contributed by atoms with Crippen molar-refractivity contribution in [3.05, 3.63) is 29.8 Å². The van der Waals surface area contributed by atoms with Gasteiger partial charge in [-0.2, -0.15) is 0 Å². The van der Waals surface area contributed by atoms with Gasteiger partial charge >= 0.3 is 6.03 Å². The summed E-state index contributed by atoms with van der Waals surface area (Å²) in [5.41, 5.74) is 6.80. The zero-order valence-electron chi connectivity index (χ0n) is 22.0. The van der Waals surface area contributed by atoms with Gasteiger partial charge in [0.25, 0.3) is 0 Å². The van der Waals surface area contributed by atoms with E-state index in [1.807, 2.05) is 38.1 Å². The van der Waals surface area contributed by atoms with Gasteiger partial charge in [0, 0.05) is 37.7 Å². The lowest BCUT2D eigenvalue weighted by Gasteiger charge is -2.26. The molecule has 1 aromatic carbocycles. The average molecular weight is 517 g/mol. The van der Waals surface area contributed by atoms with Gasteiger partial charge in [-0.05, 0) is 49.3 Å². The summed E-state index contributed by atoms with van der Waals surface area (Å²) in [6.45, 7) is 4.70. The van der Waals surface area contributed by atoms with Gasteiger partial charge < -0.3 is 36.5 Å². The third-order valence-corrected chi connectivity index (χ3v) is 5.57. The molecule has 11 nitrogen and oxygen atoms in total. The monoisotopic (exact) mass is 517 g/mol. The normalized spacial score (nSPS) is 12.2. The summed E-state index contributed by atoms with van der Waals surface area (Å²) in [6.07, 6.45) is 3.85. The molecule has 1 aromatic rings. The Morgan fingerprint density at radius 1 is 1.05 bits per heavy atom. The number of nitrogens with one attached hydrogen (secondary N) is 4. The number of ether oxygens (including phenoxy) is 1. The molecule has 0 heterocycles. The molecule has 0 bridgehead atoms. The van der Waals surface area contributed by atoms with Crippen LogP contribution in [0.1, 0.15) is 57.9 Å². The van der Waals surface area contributed by atoms with Crippen LogP contribution in [0.5, 0.6) is 0 Å². The fourth-order valence-electron chi connectivity index (χ4n) is 3.51. The maximum Gasteiger partial charge on any atom is 0.312 e. The molecule has 0 aromatic heterocycles. The zero-order chi connectivity index (χ0) is 27.6. The quantitative estimate of drug-likeness (QED) is 0.111. The summed E-state index contributed by atoms with van der Waals surface area (Å²) in [6, 6.07) is 5.80. The minimum atomic E-state index is -0.703. The molecular weight excluding hydrogens is 477 g/mol. The van der Waals surface area contributed by atoms with Crippen LogP contribution in [0.2, 0.25) is 0 Å². The van der Waals surface area contributed by atoms with Crippen LogP contribution in [0.4, 0.5) is 15.3 Å². The van der Waals surface area contributed by atoms with Crippen molar-refractivity contribution in [3.63, 3.8) is 0 Å². The van der Waals surface area contributed by atoms with Crippen molar-refractivity contribution in [2.45, 2.75) is 71.1 Å². The highest BCUT2D eigenvalue weighted by molar-refractivity contribution is 6.55. The van der Waals surface area contributed by atoms with Crippen molar-refractivity contribution < 1.29 is 28.7 Å². The molecule has 0 radical (unpaired) electrons. The Morgan fingerprint density at radius 2 is 1.76 bits per heavy atom. The van der Waals surface area contributed by atoms with E-state index >= 15 is 0 Å². The first-order valence-electron chi connectivity index (χ1n) is 12.6. The van der Waals surface area contributed by atoms with Crippen molar-refractivity contribution in [1.82, 2.24) is 16.0 Å². The van der Waals surface area contributed by atoms with Gasteiger partial charge in [-0.15, -0.1) is 0 Å². The topological polar surface area (TPSA) is 169 Å². The van der Waals surface area contributed by atoms with Crippen LogP contribution in [0.3, 0.4) is 0 Å². The molecule has 0 spiro atoms. The Balaban J connectivity index is 2.75. The largest absolute Gasteiger partial charge is 0.469 e. The molecule has 0 aliphatic carbocycles. The van der Waals surface area contributed by atoms with Crippen molar-refractivity contribution in [2.75, 3.05) is 18.4 Å². The van der Waals surface area contributed by atoms with Gasteiger partial charge in [0.1, 0.15) is 18.9 Å². The molecule has 12 heteroatoms. The molecule has 204 valence electrons. The van der Waals surface area contributed by atoms with Gasteiger partial charge in [-0.3, -0.25) is 14.4 Å². The van der Waals surface area contributed by atoms with E-state index in [-0.39, 0.29) is 42.7 Å². The third-order valence-electron chi connectivity index (χ3n) is 5.57. The number of rotatable bonds is 18. The molecule has 2 atom stereocenters. The number of primary amides is 1. The maximum atomic E-state index is 13.1. The number of unbranched alkanes of at least 4 members (excludes halogenated alkanes) is 2. The lowest BCUT2D eigenvalue weighted by Crippen LogP contribution is -2.53. The second kappa shape index (κ2) is 17.8. The summed E-state index contributed by atoms with van der Waals surface area (Å²) in [5.74, 6) is -0.995. The van der Waals surface area contributed by atoms with Crippen LogP contribution in [-0.4, -0.2) is 63.0 Å². The summed E-state index contributed by atoms with van der Waals surface area (Å²) in [5, 5.41) is 11.7. The third kappa shape index (κ3) is 14.6. The Labute approximate surface area is 219 Å². The fourth-order valence-corrected chi connectivity index (χ4v) is 3.51. The highest BCUT2D eigenvalue weighted by Gasteiger charge is 2.26. The molecule has 0 saturated heterocycles. The Bertz CT molecular complexity index is 881. The number of anilines is 1. The van der Waals surface area contributed by atoms with Crippen LogP contribution in [0.15, 0.2) is 24.3 Å². The van der Waals surface area contributed by atoms with E-state index in [4.69, 9.17) is 10.5 Å². The van der Waals surface area contributed by atoms with Crippen molar-refractivity contribution in [1.29, 1.82) is 0 Å². The number of carbonyl (C=O) groups excluding carboxylic acids is 5. The molecule has 0 saturated carbocycles. The van der Waals surface area contributed by atoms with Gasteiger partial charge in [-0.1, -0.05) is 26.0 Å². The van der Waals surface area contributed by atoms with Crippen LogP contribution in [-0.2, 0) is 25.7 Å². The highest BCUT2D eigenvalue weighted by atomic mass is 16.5. The molecular formula is C25H40BN5O6. The number of amides is 4. The van der Waals surface area contributed by atoms with E-state index in [1.165, 1.54) is 7.85 Å². The van der Waals surface area contributed by atoms with E-state index in [0.717, 1.165) is 17.5 Å². The fraction of sp³-hybridized carbons (Fsp3) is 0.560. The number of urea groups is 1.